The third-order valence-corrected chi connectivity index (χ3v) is 2.83. The molecule has 0 aromatic rings. The molecule has 0 aliphatic heterocycles. The van der Waals surface area contributed by atoms with Gasteiger partial charge in [0.05, 0.1) is 7.11 Å². The van der Waals surface area contributed by atoms with Crippen LogP contribution in [0.1, 0.15) is 38.5 Å². The molecule has 0 aromatic carbocycles. The van der Waals surface area contributed by atoms with Crippen LogP contribution in [-0.4, -0.2) is 19.0 Å². The molecule has 0 radical (unpaired) electrons. The van der Waals surface area contributed by atoms with Crippen LogP contribution >= 0.6 is 0 Å². The second kappa shape index (κ2) is 4.71. The molecule has 2 nitrogen and oxygen atoms in total. The van der Waals surface area contributed by atoms with Crippen LogP contribution in [0.2, 0.25) is 0 Å². The first-order chi connectivity index (χ1) is 6.56. The average molecular weight is 206 g/mol. The molecule has 1 aliphatic carbocycles. The van der Waals surface area contributed by atoms with Crippen LogP contribution in [0.15, 0.2) is 0 Å². The van der Waals surface area contributed by atoms with Gasteiger partial charge in [-0.25, -0.2) is 8.78 Å². The molecule has 0 amide bonds. The van der Waals surface area contributed by atoms with Crippen LogP contribution in [0.5, 0.6) is 0 Å². The molecule has 0 aromatic heterocycles. The van der Waals surface area contributed by atoms with Gasteiger partial charge in [-0.3, -0.25) is 4.79 Å². The SMILES string of the molecule is COC(=O)CCC1CCCCC1(F)F. The summed E-state index contributed by atoms with van der Waals surface area (Å²) in [7, 11) is 1.28. The van der Waals surface area contributed by atoms with E-state index in [9.17, 15) is 13.6 Å². The Labute approximate surface area is 82.6 Å². The van der Waals surface area contributed by atoms with Gasteiger partial charge < -0.3 is 4.74 Å². The molecule has 1 unspecified atom stereocenters. The smallest absolute Gasteiger partial charge is 0.305 e. The molecule has 1 saturated carbocycles. The predicted molar refractivity (Wildman–Crippen MR) is 48.2 cm³/mol. The fourth-order valence-electron chi connectivity index (χ4n) is 1.92. The summed E-state index contributed by atoms with van der Waals surface area (Å²) in [5.74, 6) is -3.60. The number of methoxy groups -OCH3 is 1. The lowest BCUT2D eigenvalue weighted by Crippen LogP contribution is -2.32. The van der Waals surface area contributed by atoms with E-state index in [1.165, 1.54) is 7.11 Å². The number of carbonyl (C=O) groups is 1. The first kappa shape index (κ1) is 11.4. The number of hydrogen-bond acceptors (Lipinski definition) is 2. The molecule has 0 bridgehead atoms. The van der Waals surface area contributed by atoms with Crippen molar-refractivity contribution in [2.45, 2.75) is 44.4 Å². The largest absolute Gasteiger partial charge is 0.469 e. The van der Waals surface area contributed by atoms with Gasteiger partial charge in [0.25, 0.3) is 5.92 Å². The monoisotopic (exact) mass is 206 g/mol. The van der Waals surface area contributed by atoms with E-state index in [0.29, 0.717) is 12.8 Å². The molecule has 1 rings (SSSR count). The minimum atomic E-state index is -2.58. The summed E-state index contributed by atoms with van der Waals surface area (Å²) >= 11 is 0. The van der Waals surface area contributed by atoms with Crippen molar-refractivity contribution in [3.8, 4) is 0 Å². The second-order valence-electron chi connectivity index (χ2n) is 3.82. The minimum absolute atomic E-state index is 0.0289. The quantitative estimate of drug-likeness (QED) is 0.664. The van der Waals surface area contributed by atoms with Crippen molar-refractivity contribution in [3.63, 3.8) is 0 Å². The summed E-state index contributed by atoms with van der Waals surface area (Å²) in [5, 5.41) is 0. The van der Waals surface area contributed by atoms with E-state index in [4.69, 9.17) is 0 Å². The number of halogens is 2. The summed E-state index contributed by atoms with van der Waals surface area (Å²) in [4.78, 5) is 10.8. The molecule has 82 valence electrons. The van der Waals surface area contributed by atoms with E-state index in [0.717, 1.165) is 6.42 Å². The first-order valence-electron chi connectivity index (χ1n) is 5.01. The van der Waals surface area contributed by atoms with Crippen LogP contribution in [0.4, 0.5) is 8.78 Å². The first-order valence-corrected chi connectivity index (χ1v) is 5.01. The zero-order valence-electron chi connectivity index (χ0n) is 8.39. The predicted octanol–water partition coefficient (Wildman–Crippen LogP) is 2.77. The number of esters is 1. The zero-order chi connectivity index (χ0) is 10.6. The number of ether oxygens (including phenoxy) is 1. The van der Waals surface area contributed by atoms with Crippen molar-refractivity contribution in [2.24, 2.45) is 5.92 Å². The van der Waals surface area contributed by atoms with E-state index < -0.39 is 17.8 Å². The summed E-state index contributed by atoms with van der Waals surface area (Å²) in [6.07, 6.45) is 2.31. The minimum Gasteiger partial charge on any atom is -0.469 e. The lowest BCUT2D eigenvalue weighted by Gasteiger charge is -2.30. The van der Waals surface area contributed by atoms with Crippen molar-refractivity contribution >= 4 is 5.97 Å². The van der Waals surface area contributed by atoms with Gasteiger partial charge in [0.2, 0.25) is 0 Å². The van der Waals surface area contributed by atoms with Crippen molar-refractivity contribution in [1.29, 1.82) is 0 Å². The normalized spacial score (nSPS) is 25.8. The molecule has 0 heterocycles. The molecule has 0 N–H and O–H groups in total. The van der Waals surface area contributed by atoms with E-state index in [1.54, 1.807) is 0 Å². The molecule has 0 spiro atoms. The standard InChI is InChI=1S/C10H16F2O2/c1-14-9(13)6-5-8-4-2-3-7-10(8,11)12/h8H,2-7H2,1H3. The average Bonchev–Trinajstić information content (AvgIpc) is 2.15. The van der Waals surface area contributed by atoms with Crippen LogP contribution in [0.25, 0.3) is 0 Å². The van der Waals surface area contributed by atoms with Gasteiger partial charge in [0.15, 0.2) is 0 Å². The van der Waals surface area contributed by atoms with E-state index in [-0.39, 0.29) is 19.3 Å². The summed E-state index contributed by atoms with van der Waals surface area (Å²) in [6, 6.07) is 0. The number of hydrogen-bond donors (Lipinski definition) is 0. The van der Waals surface area contributed by atoms with Gasteiger partial charge in [-0.15, -0.1) is 0 Å². The Kier molecular flexibility index (Phi) is 3.84. The molecule has 14 heavy (non-hydrogen) atoms. The Morgan fingerprint density at radius 2 is 2.21 bits per heavy atom. The van der Waals surface area contributed by atoms with Crippen molar-refractivity contribution in [2.75, 3.05) is 7.11 Å². The van der Waals surface area contributed by atoms with Crippen LogP contribution in [0, 0.1) is 5.92 Å². The van der Waals surface area contributed by atoms with E-state index in [2.05, 4.69) is 4.74 Å². The highest BCUT2D eigenvalue weighted by Gasteiger charge is 2.40. The second-order valence-corrected chi connectivity index (χ2v) is 3.82. The summed E-state index contributed by atoms with van der Waals surface area (Å²) in [5.41, 5.74) is 0. The molecule has 0 saturated heterocycles. The highest BCUT2D eigenvalue weighted by atomic mass is 19.3. The summed E-state index contributed by atoms with van der Waals surface area (Å²) in [6.45, 7) is 0. The van der Waals surface area contributed by atoms with Crippen LogP contribution < -0.4 is 0 Å². The maximum atomic E-state index is 13.3. The summed E-state index contributed by atoms with van der Waals surface area (Å²) < 4.78 is 31.0. The number of alkyl halides is 2. The Morgan fingerprint density at radius 1 is 1.50 bits per heavy atom. The number of carbonyl (C=O) groups excluding carboxylic acids is 1. The zero-order valence-corrected chi connectivity index (χ0v) is 8.39. The molecular formula is C10H16F2O2. The van der Waals surface area contributed by atoms with Gasteiger partial charge in [-0.2, -0.15) is 0 Å². The fourth-order valence-corrected chi connectivity index (χ4v) is 1.92. The lowest BCUT2D eigenvalue weighted by atomic mass is 9.83. The Hall–Kier alpha value is -0.670. The van der Waals surface area contributed by atoms with Gasteiger partial charge in [-0.05, 0) is 19.3 Å². The van der Waals surface area contributed by atoms with E-state index in [1.807, 2.05) is 0 Å². The van der Waals surface area contributed by atoms with E-state index >= 15 is 0 Å². The lowest BCUT2D eigenvalue weighted by molar-refractivity contribution is -0.142. The van der Waals surface area contributed by atoms with Gasteiger partial charge >= 0.3 is 5.97 Å². The molecule has 1 aliphatic rings. The topological polar surface area (TPSA) is 26.3 Å². The van der Waals surface area contributed by atoms with Gasteiger partial charge in [-0.1, -0.05) is 6.42 Å². The van der Waals surface area contributed by atoms with Crippen molar-refractivity contribution in [1.82, 2.24) is 0 Å². The molecule has 1 fully saturated rings. The molecule has 1 atom stereocenters. The maximum absolute atomic E-state index is 13.3. The highest BCUT2D eigenvalue weighted by Crippen LogP contribution is 2.40. The van der Waals surface area contributed by atoms with Crippen molar-refractivity contribution in [3.05, 3.63) is 0 Å². The number of rotatable bonds is 3. The third kappa shape index (κ3) is 2.93. The molecular weight excluding hydrogens is 190 g/mol. The van der Waals surface area contributed by atoms with Crippen molar-refractivity contribution < 1.29 is 18.3 Å². The van der Waals surface area contributed by atoms with Crippen LogP contribution in [0.3, 0.4) is 0 Å². The maximum Gasteiger partial charge on any atom is 0.305 e. The molecule has 4 heteroatoms. The Bertz CT molecular complexity index is 204. The Morgan fingerprint density at radius 3 is 2.79 bits per heavy atom. The van der Waals surface area contributed by atoms with Gasteiger partial charge in [0.1, 0.15) is 0 Å². The highest BCUT2D eigenvalue weighted by molar-refractivity contribution is 5.69. The Balaban J connectivity index is 2.38. The third-order valence-electron chi connectivity index (χ3n) is 2.83. The van der Waals surface area contributed by atoms with Gasteiger partial charge in [0, 0.05) is 18.8 Å². The fraction of sp³-hybridized carbons (Fsp3) is 0.900. The van der Waals surface area contributed by atoms with Crippen LogP contribution in [-0.2, 0) is 9.53 Å².